The Morgan fingerprint density at radius 2 is 1.92 bits per heavy atom. The molecule has 0 amide bonds. The highest BCUT2D eigenvalue weighted by Crippen LogP contribution is 2.29. The van der Waals surface area contributed by atoms with Crippen molar-refractivity contribution in [2.24, 2.45) is 0 Å². The summed E-state index contributed by atoms with van der Waals surface area (Å²) in [6.45, 7) is 0. The Kier molecular flexibility index (Phi) is 3.42. The van der Waals surface area contributed by atoms with Gasteiger partial charge in [-0.25, -0.2) is 4.79 Å². The van der Waals surface area contributed by atoms with Crippen LogP contribution in [-0.4, -0.2) is 13.1 Å². The van der Waals surface area contributed by atoms with Crippen LogP contribution < -0.4 is 0 Å². The zero-order valence-corrected chi connectivity index (χ0v) is 8.87. The summed E-state index contributed by atoms with van der Waals surface area (Å²) in [5.41, 5.74) is 0.168. The lowest BCUT2D eigenvalue weighted by Crippen LogP contribution is -2.02. The Morgan fingerprint density at radius 3 is 2.46 bits per heavy atom. The molecule has 0 saturated heterocycles. The van der Waals surface area contributed by atoms with Crippen LogP contribution >= 0.6 is 34.8 Å². The molecule has 0 bridgehead atoms. The van der Waals surface area contributed by atoms with Crippen molar-refractivity contribution in [1.82, 2.24) is 0 Å². The molecule has 0 radical (unpaired) electrons. The molecule has 0 N–H and O–H groups in total. The highest BCUT2D eigenvalue weighted by atomic mass is 35.5. The molecule has 2 nitrogen and oxygen atoms in total. The molecule has 0 spiro atoms. The second-order valence-electron chi connectivity index (χ2n) is 2.24. The van der Waals surface area contributed by atoms with Crippen LogP contribution in [0.3, 0.4) is 0 Å². The normalized spacial score (nSPS) is 9.85. The third-order valence-electron chi connectivity index (χ3n) is 1.40. The predicted molar refractivity (Wildman–Crippen MR) is 52.8 cm³/mol. The molecule has 0 heterocycles. The average molecular weight is 239 g/mol. The molecular formula is C8H5Cl3O2. The molecule has 0 aliphatic heterocycles. The van der Waals surface area contributed by atoms with Gasteiger partial charge in [-0.2, -0.15) is 0 Å². The summed E-state index contributed by atoms with van der Waals surface area (Å²) >= 11 is 17.1. The zero-order valence-electron chi connectivity index (χ0n) is 6.61. The summed E-state index contributed by atoms with van der Waals surface area (Å²) in [6.07, 6.45) is 0. The quantitative estimate of drug-likeness (QED) is 0.554. The number of benzene rings is 1. The van der Waals surface area contributed by atoms with Crippen LogP contribution in [0.4, 0.5) is 0 Å². The number of ether oxygens (including phenoxy) is 1. The van der Waals surface area contributed by atoms with Crippen molar-refractivity contribution >= 4 is 40.8 Å². The second-order valence-corrected chi connectivity index (χ2v) is 3.46. The van der Waals surface area contributed by atoms with E-state index in [1.807, 2.05) is 0 Å². The van der Waals surface area contributed by atoms with Crippen molar-refractivity contribution in [2.75, 3.05) is 7.11 Å². The molecule has 0 aliphatic rings. The van der Waals surface area contributed by atoms with Gasteiger partial charge >= 0.3 is 5.97 Å². The van der Waals surface area contributed by atoms with Crippen LogP contribution in [0, 0.1) is 0 Å². The number of carbonyl (C=O) groups excluding carboxylic acids is 1. The van der Waals surface area contributed by atoms with Gasteiger partial charge in [-0.3, -0.25) is 0 Å². The first-order chi connectivity index (χ1) is 6.06. The fraction of sp³-hybridized carbons (Fsp3) is 0.125. The van der Waals surface area contributed by atoms with E-state index in [9.17, 15) is 4.79 Å². The first-order valence-corrected chi connectivity index (χ1v) is 4.42. The fourth-order valence-corrected chi connectivity index (χ4v) is 1.49. The van der Waals surface area contributed by atoms with Gasteiger partial charge in [0.2, 0.25) is 0 Å². The minimum atomic E-state index is -0.561. The lowest BCUT2D eigenvalue weighted by atomic mass is 10.2. The lowest BCUT2D eigenvalue weighted by Gasteiger charge is -2.04. The van der Waals surface area contributed by atoms with E-state index in [-0.39, 0.29) is 15.6 Å². The number of halogens is 3. The third kappa shape index (κ3) is 2.27. The lowest BCUT2D eigenvalue weighted by molar-refractivity contribution is 0.0601. The highest BCUT2D eigenvalue weighted by molar-refractivity contribution is 6.45. The number of hydrogen-bond donors (Lipinski definition) is 0. The zero-order chi connectivity index (χ0) is 10.0. The highest BCUT2D eigenvalue weighted by Gasteiger charge is 2.14. The fourth-order valence-electron chi connectivity index (χ4n) is 0.814. The van der Waals surface area contributed by atoms with E-state index in [1.54, 1.807) is 0 Å². The summed E-state index contributed by atoms with van der Waals surface area (Å²) in [5, 5.41) is 0.724. The molecule has 1 rings (SSSR count). The number of hydrogen-bond acceptors (Lipinski definition) is 2. The standard InChI is InChI=1S/C8H5Cl3O2/c1-13-8(12)5-2-4(9)3-6(10)7(5)11/h2-3H,1H3. The molecular weight excluding hydrogens is 234 g/mol. The van der Waals surface area contributed by atoms with E-state index in [1.165, 1.54) is 19.2 Å². The number of carbonyl (C=O) groups is 1. The summed E-state index contributed by atoms with van der Waals surface area (Å²) in [5.74, 6) is -0.561. The van der Waals surface area contributed by atoms with Crippen LogP contribution in [0.15, 0.2) is 12.1 Å². The second kappa shape index (κ2) is 4.18. The SMILES string of the molecule is COC(=O)c1cc(Cl)cc(Cl)c1Cl. The van der Waals surface area contributed by atoms with Gasteiger partial charge in [0.1, 0.15) is 0 Å². The molecule has 0 aliphatic carbocycles. The number of methoxy groups -OCH3 is 1. The Morgan fingerprint density at radius 1 is 1.31 bits per heavy atom. The van der Waals surface area contributed by atoms with Gasteiger partial charge in [-0.15, -0.1) is 0 Å². The molecule has 70 valence electrons. The smallest absolute Gasteiger partial charge is 0.339 e. The van der Waals surface area contributed by atoms with E-state index < -0.39 is 5.97 Å². The maximum absolute atomic E-state index is 11.1. The van der Waals surface area contributed by atoms with Gasteiger partial charge in [-0.1, -0.05) is 34.8 Å². The summed E-state index contributed by atoms with van der Waals surface area (Å²) < 4.78 is 4.49. The van der Waals surface area contributed by atoms with Crippen molar-refractivity contribution in [2.45, 2.75) is 0 Å². The predicted octanol–water partition coefficient (Wildman–Crippen LogP) is 3.43. The first-order valence-electron chi connectivity index (χ1n) is 3.29. The molecule has 1 aromatic carbocycles. The van der Waals surface area contributed by atoms with E-state index >= 15 is 0 Å². The Balaban J connectivity index is 3.28. The minimum absolute atomic E-state index is 0.151. The molecule has 0 unspecified atom stereocenters. The topological polar surface area (TPSA) is 26.3 Å². The van der Waals surface area contributed by atoms with Gasteiger partial charge in [-0.05, 0) is 12.1 Å². The minimum Gasteiger partial charge on any atom is -0.465 e. The van der Waals surface area contributed by atoms with E-state index in [0.717, 1.165) is 0 Å². The first kappa shape index (κ1) is 10.6. The van der Waals surface area contributed by atoms with Crippen molar-refractivity contribution in [3.63, 3.8) is 0 Å². The summed E-state index contributed by atoms with van der Waals surface area (Å²) in [4.78, 5) is 11.1. The van der Waals surface area contributed by atoms with E-state index in [2.05, 4.69) is 4.74 Å². The molecule has 0 atom stereocenters. The van der Waals surface area contributed by atoms with E-state index in [4.69, 9.17) is 34.8 Å². The van der Waals surface area contributed by atoms with E-state index in [0.29, 0.717) is 5.02 Å². The van der Waals surface area contributed by atoms with Crippen LogP contribution in [0.25, 0.3) is 0 Å². The average Bonchev–Trinajstić information content (AvgIpc) is 2.10. The molecule has 0 aromatic heterocycles. The summed E-state index contributed by atoms with van der Waals surface area (Å²) in [7, 11) is 1.26. The van der Waals surface area contributed by atoms with Gasteiger partial charge < -0.3 is 4.74 Å². The van der Waals surface area contributed by atoms with Crippen molar-refractivity contribution in [3.05, 3.63) is 32.8 Å². The van der Waals surface area contributed by atoms with Crippen molar-refractivity contribution in [3.8, 4) is 0 Å². The van der Waals surface area contributed by atoms with Gasteiger partial charge in [0.25, 0.3) is 0 Å². The molecule has 0 saturated carbocycles. The van der Waals surface area contributed by atoms with Crippen LogP contribution in [-0.2, 0) is 4.74 Å². The van der Waals surface area contributed by atoms with Crippen LogP contribution in [0.1, 0.15) is 10.4 Å². The molecule has 5 heteroatoms. The summed E-state index contributed by atoms with van der Waals surface area (Å²) in [6, 6.07) is 2.86. The van der Waals surface area contributed by atoms with Crippen LogP contribution in [0.2, 0.25) is 15.1 Å². The molecule has 1 aromatic rings. The monoisotopic (exact) mass is 238 g/mol. The third-order valence-corrected chi connectivity index (χ3v) is 2.42. The Hall–Kier alpha value is -0.440. The van der Waals surface area contributed by atoms with Crippen molar-refractivity contribution < 1.29 is 9.53 Å². The maximum Gasteiger partial charge on any atom is 0.339 e. The number of esters is 1. The van der Waals surface area contributed by atoms with Crippen molar-refractivity contribution in [1.29, 1.82) is 0 Å². The van der Waals surface area contributed by atoms with Gasteiger partial charge in [0.15, 0.2) is 0 Å². The Labute approximate surface area is 90.3 Å². The molecule has 13 heavy (non-hydrogen) atoms. The van der Waals surface area contributed by atoms with Crippen LogP contribution in [0.5, 0.6) is 0 Å². The largest absolute Gasteiger partial charge is 0.465 e. The Bertz CT molecular complexity index is 349. The number of rotatable bonds is 1. The maximum atomic E-state index is 11.1. The molecule has 0 fully saturated rings. The van der Waals surface area contributed by atoms with Gasteiger partial charge in [0.05, 0.1) is 22.7 Å². The van der Waals surface area contributed by atoms with Gasteiger partial charge in [0, 0.05) is 5.02 Å².